The minimum Gasteiger partial charge on any atom is -0.487 e. The predicted molar refractivity (Wildman–Crippen MR) is 112 cm³/mol. The Morgan fingerprint density at radius 3 is 2.57 bits per heavy atom. The van der Waals surface area contributed by atoms with E-state index in [9.17, 15) is 9.59 Å². The molecule has 1 amide bonds. The lowest BCUT2D eigenvalue weighted by atomic mass is 10.1. The maximum absolute atomic E-state index is 12.1. The van der Waals surface area contributed by atoms with Gasteiger partial charge in [0.25, 0.3) is 0 Å². The van der Waals surface area contributed by atoms with Crippen molar-refractivity contribution >= 4 is 34.8 Å². The van der Waals surface area contributed by atoms with E-state index < -0.39 is 0 Å². The van der Waals surface area contributed by atoms with Gasteiger partial charge in [0.15, 0.2) is 5.78 Å². The second-order valence-electron chi connectivity index (χ2n) is 6.14. The van der Waals surface area contributed by atoms with Crippen LogP contribution in [0.1, 0.15) is 33.5 Å². The Bertz CT molecular complexity index is 1010. The number of thiazole rings is 1. The number of hydrogen-bond acceptors (Lipinski definition) is 5. The number of anilines is 1. The molecule has 2 aromatic carbocycles. The van der Waals surface area contributed by atoms with Crippen molar-refractivity contribution in [1.82, 2.24) is 4.98 Å². The first-order chi connectivity index (χ1) is 13.5. The van der Waals surface area contributed by atoms with Crippen LogP contribution >= 0.6 is 11.3 Å². The van der Waals surface area contributed by atoms with Crippen LogP contribution in [0, 0.1) is 6.92 Å². The average Bonchev–Trinajstić information content (AvgIpc) is 3.11. The quantitative estimate of drug-likeness (QED) is 0.459. The fraction of sp³-hybridized carbons (Fsp3) is 0.136. The molecule has 0 atom stereocenters. The number of carbonyl (C=O) groups is 2. The fourth-order valence-electron chi connectivity index (χ4n) is 2.55. The van der Waals surface area contributed by atoms with E-state index in [1.807, 2.05) is 36.6 Å². The van der Waals surface area contributed by atoms with Gasteiger partial charge in [-0.1, -0.05) is 24.3 Å². The molecular weight excluding hydrogens is 372 g/mol. The maximum atomic E-state index is 12.1. The molecule has 0 aliphatic rings. The van der Waals surface area contributed by atoms with Crippen LogP contribution in [0.2, 0.25) is 0 Å². The maximum Gasteiger partial charge on any atom is 0.248 e. The van der Waals surface area contributed by atoms with Crippen molar-refractivity contribution in [2.45, 2.75) is 20.5 Å². The summed E-state index contributed by atoms with van der Waals surface area (Å²) in [6.45, 7) is 3.86. The standard InChI is InChI=1S/C22H20N2O3S/c1-15(25)20-5-3-4-6-21(20)24-22(26)12-9-17-7-10-19(11-8-17)27-13-18-14-28-16(2)23-18/h3-12,14H,13H2,1-2H3,(H,24,26)/b12-9+. The lowest BCUT2D eigenvalue weighted by Crippen LogP contribution is -2.11. The molecule has 0 radical (unpaired) electrons. The third kappa shape index (κ3) is 5.37. The summed E-state index contributed by atoms with van der Waals surface area (Å²) in [5.74, 6) is 0.346. The van der Waals surface area contributed by atoms with E-state index in [-0.39, 0.29) is 11.7 Å². The molecule has 0 aliphatic carbocycles. The summed E-state index contributed by atoms with van der Waals surface area (Å²) in [5, 5.41) is 5.74. The van der Waals surface area contributed by atoms with Crippen molar-refractivity contribution in [3.05, 3.63) is 81.8 Å². The SMILES string of the molecule is CC(=O)c1ccccc1NC(=O)/C=C/c1ccc(OCc2csc(C)n2)cc1. The molecule has 0 spiro atoms. The van der Waals surface area contributed by atoms with Crippen LogP contribution in [0.15, 0.2) is 60.0 Å². The molecule has 1 N–H and O–H groups in total. The smallest absolute Gasteiger partial charge is 0.248 e. The second-order valence-corrected chi connectivity index (χ2v) is 7.20. The van der Waals surface area contributed by atoms with Crippen molar-refractivity contribution in [3.8, 4) is 5.75 Å². The lowest BCUT2D eigenvalue weighted by Gasteiger charge is -2.07. The van der Waals surface area contributed by atoms with E-state index in [2.05, 4.69) is 10.3 Å². The second kappa shape index (κ2) is 9.10. The zero-order chi connectivity index (χ0) is 19.9. The molecule has 0 saturated heterocycles. The Morgan fingerprint density at radius 1 is 1.14 bits per heavy atom. The highest BCUT2D eigenvalue weighted by Crippen LogP contribution is 2.17. The number of nitrogens with one attached hydrogen (secondary N) is 1. The summed E-state index contributed by atoms with van der Waals surface area (Å²) in [6, 6.07) is 14.4. The van der Waals surface area contributed by atoms with Crippen LogP contribution in [-0.4, -0.2) is 16.7 Å². The Morgan fingerprint density at radius 2 is 1.89 bits per heavy atom. The third-order valence-electron chi connectivity index (χ3n) is 3.92. The number of rotatable bonds is 7. The average molecular weight is 392 g/mol. The zero-order valence-electron chi connectivity index (χ0n) is 15.6. The summed E-state index contributed by atoms with van der Waals surface area (Å²) in [7, 11) is 0. The van der Waals surface area contributed by atoms with Gasteiger partial charge in [0.2, 0.25) is 5.91 Å². The summed E-state index contributed by atoms with van der Waals surface area (Å²) in [6.07, 6.45) is 3.14. The van der Waals surface area contributed by atoms with Gasteiger partial charge in [-0.2, -0.15) is 0 Å². The van der Waals surface area contributed by atoms with E-state index in [0.717, 1.165) is 22.0 Å². The molecule has 0 bridgehead atoms. The number of para-hydroxylation sites is 1. The van der Waals surface area contributed by atoms with Crippen LogP contribution in [0.25, 0.3) is 6.08 Å². The van der Waals surface area contributed by atoms with Gasteiger partial charge in [-0.3, -0.25) is 9.59 Å². The normalized spacial score (nSPS) is 10.8. The summed E-state index contributed by atoms with van der Waals surface area (Å²) in [5.41, 5.74) is 2.77. The molecule has 3 rings (SSSR count). The van der Waals surface area contributed by atoms with E-state index in [4.69, 9.17) is 4.74 Å². The summed E-state index contributed by atoms with van der Waals surface area (Å²) >= 11 is 1.60. The minimum atomic E-state index is -0.298. The van der Waals surface area contributed by atoms with E-state index in [0.29, 0.717) is 17.9 Å². The van der Waals surface area contributed by atoms with Crippen molar-refractivity contribution in [2.75, 3.05) is 5.32 Å². The number of hydrogen-bond donors (Lipinski definition) is 1. The Balaban J connectivity index is 1.56. The summed E-state index contributed by atoms with van der Waals surface area (Å²) < 4.78 is 5.71. The number of benzene rings is 2. The van der Waals surface area contributed by atoms with Gasteiger partial charge in [0.05, 0.1) is 16.4 Å². The van der Waals surface area contributed by atoms with Gasteiger partial charge < -0.3 is 10.1 Å². The third-order valence-corrected chi connectivity index (χ3v) is 4.75. The largest absolute Gasteiger partial charge is 0.487 e. The van der Waals surface area contributed by atoms with Crippen LogP contribution in [0.4, 0.5) is 5.69 Å². The molecule has 1 aromatic heterocycles. The number of ether oxygens (including phenoxy) is 1. The number of ketones is 1. The fourth-order valence-corrected chi connectivity index (χ4v) is 3.15. The van der Waals surface area contributed by atoms with E-state index >= 15 is 0 Å². The number of aryl methyl sites for hydroxylation is 1. The van der Waals surface area contributed by atoms with Crippen molar-refractivity contribution in [3.63, 3.8) is 0 Å². The minimum absolute atomic E-state index is 0.0942. The highest BCUT2D eigenvalue weighted by Gasteiger charge is 2.07. The van der Waals surface area contributed by atoms with Crippen LogP contribution < -0.4 is 10.1 Å². The molecule has 0 aliphatic heterocycles. The molecule has 0 fully saturated rings. The van der Waals surface area contributed by atoms with E-state index in [1.54, 1.807) is 41.7 Å². The van der Waals surface area contributed by atoms with Gasteiger partial charge in [-0.05, 0) is 49.8 Å². The first-order valence-corrected chi connectivity index (χ1v) is 9.62. The molecule has 0 saturated carbocycles. The number of nitrogens with zero attached hydrogens (tertiary/aromatic N) is 1. The number of aromatic nitrogens is 1. The highest BCUT2D eigenvalue weighted by molar-refractivity contribution is 7.09. The topological polar surface area (TPSA) is 68.3 Å². The zero-order valence-corrected chi connectivity index (χ0v) is 16.5. The van der Waals surface area contributed by atoms with Gasteiger partial charge in [-0.15, -0.1) is 11.3 Å². The van der Waals surface area contributed by atoms with Gasteiger partial charge in [-0.25, -0.2) is 4.98 Å². The van der Waals surface area contributed by atoms with Gasteiger partial charge in [0, 0.05) is 17.0 Å². The monoisotopic (exact) mass is 392 g/mol. The molecule has 3 aromatic rings. The molecule has 142 valence electrons. The molecular formula is C22H20N2O3S. The molecule has 5 nitrogen and oxygen atoms in total. The molecule has 0 unspecified atom stereocenters. The number of Topliss-reactive ketones (excluding diaryl/α,β-unsaturated/α-hetero) is 1. The van der Waals surface area contributed by atoms with Crippen molar-refractivity contribution < 1.29 is 14.3 Å². The Labute approximate surface area is 167 Å². The lowest BCUT2D eigenvalue weighted by molar-refractivity contribution is -0.111. The van der Waals surface area contributed by atoms with Crippen molar-refractivity contribution in [2.24, 2.45) is 0 Å². The first kappa shape index (κ1) is 19.5. The van der Waals surface area contributed by atoms with Crippen LogP contribution in [0.5, 0.6) is 5.75 Å². The predicted octanol–water partition coefficient (Wildman–Crippen LogP) is 4.89. The molecule has 6 heteroatoms. The van der Waals surface area contributed by atoms with E-state index in [1.165, 1.54) is 13.0 Å². The highest BCUT2D eigenvalue weighted by atomic mass is 32.1. The number of carbonyl (C=O) groups excluding carboxylic acids is 2. The summed E-state index contributed by atoms with van der Waals surface area (Å²) in [4.78, 5) is 28.1. The van der Waals surface area contributed by atoms with Crippen molar-refractivity contribution in [1.29, 1.82) is 0 Å². The Hall–Kier alpha value is -3.25. The molecule has 28 heavy (non-hydrogen) atoms. The van der Waals surface area contributed by atoms with Crippen LogP contribution in [0.3, 0.4) is 0 Å². The van der Waals surface area contributed by atoms with Crippen LogP contribution in [-0.2, 0) is 11.4 Å². The first-order valence-electron chi connectivity index (χ1n) is 8.74. The van der Waals surface area contributed by atoms with Gasteiger partial charge in [0.1, 0.15) is 12.4 Å². The molecule has 1 heterocycles. The number of amides is 1. The Kier molecular flexibility index (Phi) is 6.34. The van der Waals surface area contributed by atoms with Gasteiger partial charge >= 0.3 is 0 Å².